The quantitative estimate of drug-likeness (QED) is 0.512. The molecule has 2 N–H and O–H groups in total. The van der Waals surface area contributed by atoms with E-state index in [1.54, 1.807) is 5.01 Å². The third-order valence-corrected chi connectivity index (χ3v) is 1.89. The average Bonchev–Trinajstić information content (AvgIpc) is 2.05. The fourth-order valence-corrected chi connectivity index (χ4v) is 0.967. The van der Waals surface area contributed by atoms with Gasteiger partial charge in [0.2, 0.25) is 0 Å². The van der Waals surface area contributed by atoms with Crippen molar-refractivity contribution in [3.05, 3.63) is 35.9 Å². The standard InChI is InChI=1S/C9H14N2/c1-8(11(2)10)9-6-4-3-5-7-9/h3-8H,10H2,1-2H3. The topological polar surface area (TPSA) is 29.3 Å². The van der Waals surface area contributed by atoms with Crippen LogP contribution in [0.25, 0.3) is 0 Å². The highest BCUT2D eigenvalue weighted by Crippen LogP contribution is 2.14. The van der Waals surface area contributed by atoms with Crippen molar-refractivity contribution in [2.45, 2.75) is 13.0 Å². The fourth-order valence-electron chi connectivity index (χ4n) is 0.967. The number of nitrogens with zero attached hydrogens (tertiary/aromatic N) is 1. The van der Waals surface area contributed by atoms with Gasteiger partial charge in [-0.05, 0) is 12.5 Å². The summed E-state index contributed by atoms with van der Waals surface area (Å²) in [4.78, 5) is 0. The number of hydrazine groups is 1. The maximum Gasteiger partial charge on any atom is 0.0459 e. The van der Waals surface area contributed by atoms with E-state index in [2.05, 4.69) is 19.1 Å². The lowest BCUT2D eigenvalue weighted by molar-refractivity contribution is 0.270. The minimum atomic E-state index is 0.288. The van der Waals surface area contributed by atoms with E-state index in [0.717, 1.165) is 0 Å². The predicted molar refractivity (Wildman–Crippen MR) is 46.8 cm³/mol. The van der Waals surface area contributed by atoms with Crippen LogP contribution in [0.2, 0.25) is 0 Å². The molecule has 1 aromatic rings. The minimum Gasteiger partial charge on any atom is -0.268 e. The Kier molecular flexibility index (Phi) is 2.63. The van der Waals surface area contributed by atoms with Crippen LogP contribution in [0.4, 0.5) is 0 Å². The van der Waals surface area contributed by atoms with Gasteiger partial charge in [0.25, 0.3) is 0 Å². The zero-order chi connectivity index (χ0) is 8.27. The van der Waals surface area contributed by atoms with E-state index in [0.29, 0.717) is 0 Å². The summed E-state index contributed by atoms with van der Waals surface area (Å²) in [5, 5.41) is 1.70. The van der Waals surface area contributed by atoms with E-state index in [9.17, 15) is 0 Å². The van der Waals surface area contributed by atoms with E-state index in [1.807, 2.05) is 25.2 Å². The van der Waals surface area contributed by atoms with E-state index >= 15 is 0 Å². The minimum absolute atomic E-state index is 0.288. The Morgan fingerprint density at radius 2 is 1.82 bits per heavy atom. The monoisotopic (exact) mass is 150 g/mol. The summed E-state index contributed by atoms with van der Waals surface area (Å²) in [6.45, 7) is 2.08. The molecular formula is C9H14N2. The first-order chi connectivity index (χ1) is 5.22. The zero-order valence-corrected chi connectivity index (χ0v) is 6.99. The van der Waals surface area contributed by atoms with Crippen molar-refractivity contribution in [2.24, 2.45) is 5.84 Å². The first-order valence-electron chi connectivity index (χ1n) is 3.74. The van der Waals surface area contributed by atoms with Crippen LogP contribution >= 0.6 is 0 Å². The van der Waals surface area contributed by atoms with Crippen LogP contribution in [0, 0.1) is 0 Å². The molecule has 0 aliphatic rings. The molecule has 11 heavy (non-hydrogen) atoms. The summed E-state index contributed by atoms with van der Waals surface area (Å²) in [5.74, 6) is 5.60. The molecule has 1 atom stereocenters. The van der Waals surface area contributed by atoms with Gasteiger partial charge < -0.3 is 0 Å². The third-order valence-electron chi connectivity index (χ3n) is 1.89. The third kappa shape index (κ3) is 2.03. The van der Waals surface area contributed by atoms with Gasteiger partial charge in [-0.2, -0.15) is 0 Å². The van der Waals surface area contributed by atoms with Crippen LogP contribution in [-0.2, 0) is 0 Å². The molecule has 0 aromatic heterocycles. The maximum absolute atomic E-state index is 5.60. The molecule has 0 aliphatic heterocycles. The van der Waals surface area contributed by atoms with Crippen molar-refractivity contribution in [3.63, 3.8) is 0 Å². The van der Waals surface area contributed by atoms with Crippen LogP contribution in [-0.4, -0.2) is 12.1 Å². The van der Waals surface area contributed by atoms with E-state index < -0.39 is 0 Å². The van der Waals surface area contributed by atoms with Crippen molar-refractivity contribution in [3.8, 4) is 0 Å². The molecule has 0 heterocycles. The Hall–Kier alpha value is -0.860. The van der Waals surface area contributed by atoms with E-state index in [4.69, 9.17) is 5.84 Å². The Labute approximate surface area is 67.6 Å². The molecule has 0 radical (unpaired) electrons. The fraction of sp³-hybridized carbons (Fsp3) is 0.333. The van der Waals surface area contributed by atoms with Crippen molar-refractivity contribution in [1.29, 1.82) is 0 Å². The summed E-state index contributed by atoms with van der Waals surface area (Å²) in [6, 6.07) is 10.5. The molecule has 60 valence electrons. The largest absolute Gasteiger partial charge is 0.268 e. The molecule has 0 bridgehead atoms. The second-order valence-electron chi connectivity index (χ2n) is 2.75. The molecule has 1 rings (SSSR count). The maximum atomic E-state index is 5.60. The summed E-state index contributed by atoms with van der Waals surface area (Å²) in [6.07, 6.45) is 0. The molecule has 0 saturated heterocycles. The van der Waals surface area contributed by atoms with Crippen LogP contribution in [0.3, 0.4) is 0 Å². The molecule has 1 aromatic carbocycles. The highest BCUT2D eigenvalue weighted by molar-refractivity contribution is 5.17. The Balaban J connectivity index is 2.77. The summed E-state index contributed by atoms with van der Waals surface area (Å²) >= 11 is 0. The van der Waals surface area contributed by atoms with Gasteiger partial charge >= 0.3 is 0 Å². The molecular weight excluding hydrogens is 136 g/mol. The van der Waals surface area contributed by atoms with Gasteiger partial charge in [-0.15, -0.1) is 0 Å². The number of hydrogen-bond donors (Lipinski definition) is 1. The van der Waals surface area contributed by atoms with Crippen LogP contribution in [0.1, 0.15) is 18.5 Å². The SMILES string of the molecule is CC(c1ccccc1)N(C)N. The van der Waals surface area contributed by atoms with Crippen LogP contribution in [0.15, 0.2) is 30.3 Å². The molecule has 2 nitrogen and oxygen atoms in total. The summed E-state index contributed by atoms with van der Waals surface area (Å²) in [7, 11) is 1.87. The molecule has 2 heteroatoms. The van der Waals surface area contributed by atoms with Gasteiger partial charge in [-0.25, -0.2) is 5.01 Å². The van der Waals surface area contributed by atoms with Crippen molar-refractivity contribution in [2.75, 3.05) is 7.05 Å². The smallest absolute Gasteiger partial charge is 0.0459 e. The first-order valence-corrected chi connectivity index (χ1v) is 3.74. The summed E-state index contributed by atoms with van der Waals surface area (Å²) in [5.41, 5.74) is 1.25. The molecule has 0 spiro atoms. The molecule has 0 aliphatic carbocycles. The van der Waals surface area contributed by atoms with Gasteiger partial charge in [-0.3, -0.25) is 5.84 Å². The van der Waals surface area contributed by atoms with Gasteiger partial charge in [0.15, 0.2) is 0 Å². The second-order valence-corrected chi connectivity index (χ2v) is 2.75. The lowest BCUT2D eigenvalue weighted by atomic mass is 10.1. The lowest BCUT2D eigenvalue weighted by Crippen LogP contribution is -2.28. The summed E-state index contributed by atoms with van der Waals surface area (Å²) < 4.78 is 0. The first kappa shape index (κ1) is 8.24. The predicted octanol–water partition coefficient (Wildman–Crippen LogP) is 1.55. The normalized spacial score (nSPS) is 13.5. The second kappa shape index (κ2) is 3.51. The Morgan fingerprint density at radius 1 is 1.27 bits per heavy atom. The van der Waals surface area contributed by atoms with Crippen molar-refractivity contribution in [1.82, 2.24) is 5.01 Å². The van der Waals surface area contributed by atoms with Crippen molar-refractivity contribution >= 4 is 0 Å². The van der Waals surface area contributed by atoms with Gasteiger partial charge in [-0.1, -0.05) is 30.3 Å². The highest BCUT2D eigenvalue weighted by Gasteiger charge is 2.05. The van der Waals surface area contributed by atoms with Gasteiger partial charge in [0.1, 0.15) is 0 Å². The Morgan fingerprint density at radius 3 is 2.27 bits per heavy atom. The number of rotatable bonds is 2. The molecule has 0 amide bonds. The average molecular weight is 150 g/mol. The van der Waals surface area contributed by atoms with E-state index in [1.165, 1.54) is 5.56 Å². The Bertz CT molecular complexity index is 206. The van der Waals surface area contributed by atoms with Gasteiger partial charge in [0, 0.05) is 13.1 Å². The highest BCUT2D eigenvalue weighted by atomic mass is 15.4. The zero-order valence-electron chi connectivity index (χ0n) is 6.99. The van der Waals surface area contributed by atoms with E-state index in [-0.39, 0.29) is 6.04 Å². The van der Waals surface area contributed by atoms with Crippen LogP contribution in [0.5, 0.6) is 0 Å². The van der Waals surface area contributed by atoms with Crippen LogP contribution < -0.4 is 5.84 Å². The van der Waals surface area contributed by atoms with Gasteiger partial charge in [0.05, 0.1) is 0 Å². The lowest BCUT2D eigenvalue weighted by Gasteiger charge is -2.19. The van der Waals surface area contributed by atoms with Crippen molar-refractivity contribution < 1.29 is 0 Å². The number of hydrogen-bond acceptors (Lipinski definition) is 2. The molecule has 0 fully saturated rings. The number of nitrogens with two attached hydrogens (primary N) is 1. The molecule has 1 unspecified atom stereocenters. The number of benzene rings is 1. The molecule has 0 saturated carbocycles.